The summed E-state index contributed by atoms with van der Waals surface area (Å²) in [5.41, 5.74) is 11.1. The summed E-state index contributed by atoms with van der Waals surface area (Å²) in [5.74, 6) is -0.552. The molecule has 3 rings (SSSR count). The van der Waals surface area contributed by atoms with E-state index in [9.17, 15) is 9.59 Å². The molecule has 0 bridgehead atoms. The van der Waals surface area contributed by atoms with Crippen LogP contribution in [0.3, 0.4) is 0 Å². The molecule has 2 aromatic rings. The number of pyridine rings is 1. The zero-order chi connectivity index (χ0) is 18.8. The molecule has 0 spiro atoms. The topological polar surface area (TPSA) is 109 Å². The van der Waals surface area contributed by atoms with Crippen LogP contribution in [0.2, 0.25) is 10.3 Å². The van der Waals surface area contributed by atoms with Crippen LogP contribution in [0.5, 0.6) is 0 Å². The molecule has 2 amide bonds. The molecule has 1 atom stereocenters. The van der Waals surface area contributed by atoms with Gasteiger partial charge in [0.05, 0.1) is 17.1 Å². The van der Waals surface area contributed by atoms with Crippen molar-refractivity contribution in [3.05, 3.63) is 51.8 Å². The highest BCUT2D eigenvalue weighted by atomic mass is 35.5. The maximum Gasteiger partial charge on any atom is 0.255 e. The number of nitrogens with zero attached hydrogens (tertiary/aromatic N) is 2. The summed E-state index contributed by atoms with van der Waals surface area (Å²) in [6.07, 6.45) is 0.362. The number of rotatable bonds is 3. The Kier molecular flexibility index (Phi) is 5.11. The molecule has 0 saturated heterocycles. The van der Waals surface area contributed by atoms with Crippen molar-refractivity contribution in [2.24, 2.45) is 11.0 Å². The number of nitrogens with two attached hydrogens (primary N) is 1. The van der Waals surface area contributed by atoms with Crippen LogP contribution in [-0.4, -0.2) is 22.5 Å². The summed E-state index contributed by atoms with van der Waals surface area (Å²) in [4.78, 5) is 27.5. The van der Waals surface area contributed by atoms with Crippen molar-refractivity contribution in [3.63, 3.8) is 0 Å². The Morgan fingerprint density at radius 1 is 1.27 bits per heavy atom. The number of carbonyl (C=O) groups excluding carboxylic acids is 2. The molecule has 0 aliphatic carbocycles. The van der Waals surface area contributed by atoms with Crippen LogP contribution < -0.4 is 16.5 Å². The summed E-state index contributed by atoms with van der Waals surface area (Å²) in [7, 11) is 0. The molecule has 1 aliphatic heterocycles. The lowest BCUT2D eigenvalue weighted by molar-refractivity contribution is -0.121. The average Bonchev–Trinajstić information content (AvgIpc) is 2.56. The zero-order valence-corrected chi connectivity index (χ0v) is 15.2. The van der Waals surface area contributed by atoms with Gasteiger partial charge < -0.3 is 11.1 Å². The van der Waals surface area contributed by atoms with Crippen molar-refractivity contribution in [3.8, 4) is 0 Å². The lowest BCUT2D eigenvalue weighted by atomic mass is 9.93. The minimum Gasteiger partial charge on any atom is -0.397 e. The second kappa shape index (κ2) is 7.31. The molecule has 9 heteroatoms. The van der Waals surface area contributed by atoms with Gasteiger partial charge in [-0.3, -0.25) is 9.59 Å². The second-order valence-electron chi connectivity index (χ2n) is 5.89. The van der Waals surface area contributed by atoms with Gasteiger partial charge in [0.1, 0.15) is 10.3 Å². The summed E-state index contributed by atoms with van der Waals surface area (Å²) in [6.45, 7) is 1.92. The van der Waals surface area contributed by atoms with Gasteiger partial charge in [0.25, 0.3) is 5.91 Å². The van der Waals surface area contributed by atoms with E-state index in [-0.39, 0.29) is 27.7 Å². The van der Waals surface area contributed by atoms with Crippen molar-refractivity contribution in [1.82, 2.24) is 10.4 Å². The number of halogens is 2. The third-order valence-electron chi connectivity index (χ3n) is 3.88. The Morgan fingerprint density at radius 3 is 2.58 bits per heavy atom. The van der Waals surface area contributed by atoms with Crippen LogP contribution in [0.25, 0.3) is 0 Å². The van der Waals surface area contributed by atoms with Crippen LogP contribution in [0, 0.1) is 5.92 Å². The number of carbonyl (C=O) groups is 2. The second-order valence-corrected chi connectivity index (χ2v) is 6.67. The highest BCUT2D eigenvalue weighted by Gasteiger charge is 2.22. The van der Waals surface area contributed by atoms with Gasteiger partial charge in [0.2, 0.25) is 5.91 Å². The van der Waals surface area contributed by atoms with E-state index in [0.29, 0.717) is 17.8 Å². The van der Waals surface area contributed by atoms with E-state index in [1.165, 1.54) is 12.1 Å². The summed E-state index contributed by atoms with van der Waals surface area (Å²) < 4.78 is 0. The van der Waals surface area contributed by atoms with E-state index in [1.54, 1.807) is 18.2 Å². The van der Waals surface area contributed by atoms with E-state index in [0.717, 1.165) is 11.3 Å². The lowest BCUT2D eigenvalue weighted by Crippen LogP contribution is -2.32. The quantitative estimate of drug-likeness (QED) is 0.551. The van der Waals surface area contributed by atoms with Crippen LogP contribution in [-0.2, 0) is 4.79 Å². The molecule has 4 N–H and O–H groups in total. The van der Waals surface area contributed by atoms with Crippen LogP contribution in [0.1, 0.15) is 29.3 Å². The first-order valence-electron chi connectivity index (χ1n) is 7.74. The van der Waals surface area contributed by atoms with Gasteiger partial charge in [-0.25, -0.2) is 10.4 Å². The van der Waals surface area contributed by atoms with E-state index in [4.69, 9.17) is 28.9 Å². The van der Waals surface area contributed by atoms with Gasteiger partial charge in [-0.05, 0) is 24.3 Å². The molecular weight excluding hydrogens is 377 g/mol. The molecule has 0 saturated carbocycles. The Labute approximate surface area is 159 Å². The number of hydrazone groups is 1. The maximum atomic E-state index is 12.4. The fraction of sp³-hybridized carbons (Fsp3) is 0.176. The zero-order valence-electron chi connectivity index (χ0n) is 13.7. The highest BCUT2D eigenvalue weighted by molar-refractivity contribution is 6.33. The van der Waals surface area contributed by atoms with Crippen LogP contribution in [0.15, 0.2) is 35.4 Å². The van der Waals surface area contributed by atoms with Gasteiger partial charge in [0.15, 0.2) is 0 Å². The third-order valence-corrected chi connectivity index (χ3v) is 4.27. The van der Waals surface area contributed by atoms with Crippen LogP contribution >= 0.6 is 23.2 Å². The molecule has 1 aromatic heterocycles. The molecular formula is C17H15Cl2N5O2. The first kappa shape index (κ1) is 18.2. The Balaban J connectivity index is 1.82. The fourth-order valence-electron chi connectivity index (χ4n) is 2.63. The molecule has 0 fully saturated rings. The predicted octanol–water partition coefficient (Wildman–Crippen LogP) is 3.08. The Hall–Kier alpha value is -2.64. The van der Waals surface area contributed by atoms with Crippen molar-refractivity contribution in [2.45, 2.75) is 13.3 Å². The summed E-state index contributed by atoms with van der Waals surface area (Å²) in [6, 6.07) is 7.99. The van der Waals surface area contributed by atoms with Crippen molar-refractivity contribution < 1.29 is 9.59 Å². The molecule has 1 unspecified atom stereocenters. The molecule has 0 radical (unpaired) electrons. The van der Waals surface area contributed by atoms with Gasteiger partial charge in [-0.2, -0.15) is 5.10 Å². The number of anilines is 2. The normalized spacial score (nSPS) is 16.7. The number of nitrogen functional groups attached to an aromatic ring is 1. The fourth-order valence-corrected chi connectivity index (χ4v) is 3.09. The monoisotopic (exact) mass is 391 g/mol. The predicted molar refractivity (Wildman–Crippen MR) is 102 cm³/mol. The van der Waals surface area contributed by atoms with E-state index in [2.05, 4.69) is 20.8 Å². The number of hydrogen-bond donors (Lipinski definition) is 3. The van der Waals surface area contributed by atoms with Crippen molar-refractivity contribution >= 4 is 52.1 Å². The number of amides is 2. The number of nitrogens with one attached hydrogen (secondary N) is 2. The molecule has 1 aromatic carbocycles. The van der Waals surface area contributed by atoms with Crippen LogP contribution in [0.4, 0.5) is 11.4 Å². The standard InChI is InChI=1S/C17H15Cl2N5O2/c1-8-4-15(25)23-24-16(8)9-2-3-12(11(20)5-9)21-17(26)10-6-13(18)22-14(19)7-10/h2-3,5-8H,4,20H2,1H3,(H,21,26)(H,23,25). The van der Waals surface area contributed by atoms with E-state index in [1.807, 2.05) is 6.92 Å². The summed E-state index contributed by atoms with van der Waals surface area (Å²) in [5, 5.41) is 7.05. The highest BCUT2D eigenvalue weighted by Crippen LogP contribution is 2.25. The molecule has 1 aliphatic rings. The first-order valence-corrected chi connectivity index (χ1v) is 8.50. The largest absolute Gasteiger partial charge is 0.397 e. The minimum atomic E-state index is -0.411. The van der Waals surface area contributed by atoms with E-state index < -0.39 is 5.91 Å². The van der Waals surface area contributed by atoms with Crippen molar-refractivity contribution in [1.29, 1.82) is 0 Å². The molecule has 134 valence electrons. The Bertz CT molecular complexity index is 909. The average molecular weight is 392 g/mol. The molecule has 26 heavy (non-hydrogen) atoms. The van der Waals surface area contributed by atoms with Gasteiger partial charge >= 0.3 is 0 Å². The Morgan fingerprint density at radius 2 is 1.96 bits per heavy atom. The molecule has 7 nitrogen and oxygen atoms in total. The van der Waals surface area contributed by atoms with Gasteiger partial charge in [-0.1, -0.05) is 36.2 Å². The number of hydrogen-bond acceptors (Lipinski definition) is 5. The third kappa shape index (κ3) is 3.95. The summed E-state index contributed by atoms with van der Waals surface area (Å²) >= 11 is 11.6. The smallest absolute Gasteiger partial charge is 0.255 e. The number of benzene rings is 1. The van der Waals surface area contributed by atoms with Gasteiger partial charge in [-0.15, -0.1) is 0 Å². The minimum absolute atomic E-state index is 0.0234. The first-order chi connectivity index (χ1) is 12.3. The SMILES string of the molecule is CC1CC(=O)NN=C1c1ccc(NC(=O)c2cc(Cl)nc(Cl)c2)c(N)c1. The maximum absolute atomic E-state index is 12.4. The van der Waals surface area contributed by atoms with E-state index >= 15 is 0 Å². The lowest BCUT2D eigenvalue weighted by Gasteiger charge is -2.20. The van der Waals surface area contributed by atoms with Gasteiger partial charge in [0, 0.05) is 23.5 Å². The van der Waals surface area contributed by atoms with Crippen molar-refractivity contribution in [2.75, 3.05) is 11.1 Å². The number of aromatic nitrogens is 1. The molecule has 2 heterocycles.